The molecule has 0 saturated heterocycles. The first kappa shape index (κ1) is 26.8. The minimum Gasteiger partial charge on any atom is -0.502 e. The van der Waals surface area contributed by atoms with Gasteiger partial charge in [0.2, 0.25) is 17.5 Å². The minimum absolute atomic E-state index is 0.0126. The number of oxazole rings is 1. The maximum atomic E-state index is 14.2. The molecule has 0 spiro atoms. The van der Waals surface area contributed by atoms with Crippen molar-refractivity contribution in [3.63, 3.8) is 0 Å². The first-order chi connectivity index (χ1) is 19.0. The summed E-state index contributed by atoms with van der Waals surface area (Å²) in [7, 11) is 0. The lowest BCUT2D eigenvalue weighted by molar-refractivity contribution is -0.385. The van der Waals surface area contributed by atoms with E-state index in [0.29, 0.717) is 16.1 Å². The summed E-state index contributed by atoms with van der Waals surface area (Å²) in [5.41, 5.74) is -0.599. The van der Waals surface area contributed by atoms with E-state index >= 15 is 0 Å². The molecule has 0 fully saturated rings. The lowest BCUT2D eigenvalue weighted by atomic mass is 10.0. The highest BCUT2D eigenvalue weighted by Crippen LogP contribution is 2.35. The van der Waals surface area contributed by atoms with Gasteiger partial charge in [-0.2, -0.15) is 0 Å². The number of fused-ring (bicyclic) bond motifs is 1. The van der Waals surface area contributed by atoms with Crippen LogP contribution >= 0.6 is 11.6 Å². The van der Waals surface area contributed by atoms with Crippen molar-refractivity contribution in [1.82, 2.24) is 4.98 Å². The molecular formula is C27H13ClF5N3O4. The molecule has 0 aliphatic rings. The molecule has 0 radical (unpaired) electrons. The fourth-order valence-electron chi connectivity index (χ4n) is 3.94. The van der Waals surface area contributed by atoms with Crippen LogP contribution in [0.15, 0.2) is 64.0 Å². The third-order valence-electron chi connectivity index (χ3n) is 5.88. The van der Waals surface area contributed by atoms with E-state index in [4.69, 9.17) is 16.0 Å². The number of hydrogen-bond acceptors (Lipinski definition) is 6. The van der Waals surface area contributed by atoms with Gasteiger partial charge in [0.05, 0.1) is 10.6 Å². The average molecular weight is 574 g/mol. The summed E-state index contributed by atoms with van der Waals surface area (Å²) in [6.45, 7) is 0. The number of nitro groups is 1. The largest absolute Gasteiger partial charge is 0.502 e. The highest BCUT2D eigenvalue weighted by atomic mass is 35.5. The van der Waals surface area contributed by atoms with Gasteiger partial charge in [-0.05, 0) is 47.9 Å². The van der Waals surface area contributed by atoms with Crippen LogP contribution in [0.25, 0.3) is 22.6 Å². The van der Waals surface area contributed by atoms with Crippen molar-refractivity contribution in [3.05, 3.63) is 116 Å². The monoisotopic (exact) mass is 573 g/mol. The second kappa shape index (κ2) is 10.4. The number of aromatic hydroxyl groups is 1. The number of phenolic OH excluding ortho intramolecular Hbond substituents is 1. The molecule has 5 rings (SSSR count). The maximum absolute atomic E-state index is 14.2. The molecule has 1 N–H and O–H groups in total. The van der Waals surface area contributed by atoms with Gasteiger partial charge in [-0.1, -0.05) is 29.8 Å². The Balaban J connectivity index is 1.51. The summed E-state index contributed by atoms with van der Waals surface area (Å²) < 4.78 is 74.3. The van der Waals surface area contributed by atoms with E-state index < -0.39 is 56.9 Å². The van der Waals surface area contributed by atoms with Crippen LogP contribution in [0.1, 0.15) is 16.7 Å². The van der Waals surface area contributed by atoms with Crippen molar-refractivity contribution in [2.75, 3.05) is 0 Å². The van der Waals surface area contributed by atoms with Crippen molar-refractivity contribution in [2.45, 2.75) is 6.42 Å². The number of rotatable bonds is 6. The van der Waals surface area contributed by atoms with Crippen molar-refractivity contribution in [3.8, 4) is 17.2 Å². The molecule has 202 valence electrons. The van der Waals surface area contributed by atoms with Crippen LogP contribution in [0.4, 0.5) is 33.3 Å². The average Bonchev–Trinajstić information content (AvgIpc) is 3.35. The predicted octanol–water partition coefficient (Wildman–Crippen LogP) is 7.80. The van der Waals surface area contributed by atoms with Crippen LogP contribution in [0.5, 0.6) is 5.75 Å². The fraction of sp³-hybridized carbons (Fsp3) is 0.0370. The first-order valence-corrected chi connectivity index (χ1v) is 11.6. The molecule has 13 heteroatoms. The Morgan fingerprint density at radius 2 is 1.65 bits per heavy atom. The van der Waals surface area contributed by atoms with E-state index in [1.54, 1.807) is 24.3 Å². The molecule has 1 heterocycles. The van der Waals surface area contributed by atoms with E-state index in [9.17, 15) is 37.2 Å². The Labute approximate surface area is 226 Å². The zero-order chi connectivity index (χ0) is 28.7. The Morgan fingerprint density at radius 1 is 0.975 bits per heavy atom. The standard InChI is InChI=1S/C27H13ClF5N3O4/c28-16-4-2-1-3-13(16)7-12-8-14(26(37)18(9-12)36(38)39)11-34-15-5-6-19-17(10-15)35-27(40-19)20-21(29)23(31)25(33)24(32)22(20)30/h1-6,8-11,37H,7H2. The van der Waals surface area contributed by atoms with Crippen LogP contribution in [0, 0.1) is 39.2 Å². The van der Waals surface area contributed by atoms with Crippen LogP contribution in [-0.2, 0) is 6.42 Å². The molecule has 0 atom stereocenters. The zero-order valence-corrected chi connectivity index (χ0v) is 20.5. The molecular weight excluding hydrogens is 561 g/mol. The van der Waals surface area contributed by atoms with Gasteiger partial charge in [-0.15, -0.1) is 0 Å². The van der Waals surface area contributed by atoms with Crippen LogP contribution in [0.2, 0.25) is 5.02 Å². The molecule has 7 nitrogen and oxygen atoms in total. The van der Waals surface area contributed by atoms with E-state index in [0.717, 1.165) is 6.21 Å². The number of nitro benzene ring substituents is 1. The van der Waals surface area contributed by atoms with Crippen LogP contribution in [0.3, 0.4) is 0 Å². The number of nitrogens with zero attached hydrogens (tertiary/aromatic N) is 3. The van der Waals surface area contributed by atoms with Gasteiger partial charge in [0, 0.05) is 22.9 Å². The molecule has 0 aliphatic heterocycles. The summed E-state index contributed by atoms with van der Waals surface area (Å²) in [6.07, 6.45) is 1.39. The topological polar surface area (TPSA) is 102 Å². The lowest BCUT2D eigenvalue weighted by Crippen LogP contribution is -2.04. The van der Waals surface area contributed by atoms with Gasteiger partial charge >= 0.3 is 5.69 Å². The molecule has 0 bridgehead atoms. The van der Waals surface area contributed by atoms with E-state index in [1.807, 2.05) is 0 Å². The number of halogens is 6. The summed E-state index contributed by atoms with van der Waals surface area (Å²) in [4.78, 5) is 18.8. The van der Waals surface area contributed by atoms with Crippen molar-refractivity contribution < 1.29 is 36.4 Å². The fourth-order valence-corrected chi connectivity index (χ4v) is 4.15. The van der Waals surface area contributed by atoms with E-state index in [-0.39, 0.29) is 28.8 Å². The molecule has 0 saturated carbocycles. The molecule has 4 aromatic carbocycles. The van der Waals surface area contributed by atoms with Crippen LogP contribution < -0.4 is 0 Å². The van der Waals surface area contributed by atoms with Gasteiger partial charge in [0.15, 0.2) is 28.9 Å². The van der Waals surface area contributed by atoms with Gasteiger partial charge in [0.25, 0.3) is 0 Å². The van der Waals surface area contributed by atoms with Gasteiger partial charge < -0.3 is 9.52 Å². The number of hydrogen-bond donors (Lipinski definition) is 1. The van der Waals surface area contributed by atoms with E-state index in [2.05, 4.69) is 9.98 Å². The van der Waals surface area contributed by atoms with Gasteiger partial charge in [-0.3, -0.25) is 15.1 Å². The number of aromatic nitrogens is 1. The number of benzene rings is 4. The second-order valence-corrected chi connectivity index (χ2v) is 8.86. The Morgan fingerprint density at radius 3 is 2.33 bits per heavy atom. The Bertz CT molecular complexity index is 1830. The summed E-state index contributed by atoms with van der Waals surface area (Å²) in [5.74, 6) is -12.3. The van der Waals surface area contributed by atoms with Crippen molar-refractivity contribution >= 4 is 40.3 Å². The SMILES string of the molecule is O=[N+]([O-])c1cc(Cc2ccccc2Cl)cc(C=Nc2ccc3oc(-c4c(F)c(F)c(F)c(F)c4F)nc3c2)c1O. The van der Waals surface area contributed by atoms with E-state index in [1.165, 1.54) is 30.3 Å². The summed E-state index contributed by atoms with van der Waals surface area (Å²) >= 11 is 6.20. The van der Waals surface area contributed by atoms with Gasteiger partial charge in [0.1, 0.15) is 11.1 Å². The summed E-state index contributed by atoms with van der Waals surface area (Å²) in [5, 5.41) is 22.4. The normalized spacial score (nSPS) is 11.6. The third kappa shape index (κ3) is 4.84. The van der Waals surface area contributed by atoms with Crippen LogP contribution in [-0.4, -0.2) is 21.2 Å². The quantitative estimate of drug-likeness (QED) is 0.0558. The molecule has 0 aliphatic carbocycles. The Kier molecular flexibility index (Phi) is 6.94. The third-order valence-corrected chi connectivity index (χ3v) is 6.24. The van der Waals surface area contributed by atoms with Gasteiger partial charge in [-0.25, -0.2) is 26.9 Å². The van der Waals surface area contributed by atoms with Crippen molar-refractivity contribution in [2.24, 2.45) is 4.99 Å². The zero-order valence-electron chi connectivity index (χ0n) is 19.8. The number of phenols is 1. The molecule has 1 aromatic heterocycles. The molecule has 40 heavy (non-hydrogen) atoms. The summed E-state index contributed by atoms with van der Waals surface area (Å²) in [6, 6.07) is 13.6. The maximum Gasteiger partial charge on any atom is 0.311 e. The molecule has 0 amide bonds. The highest BCUT2D eigenvalue weighted by Gasteiger charge is 2.29. The molecule has 0 unspecified atom stereocenters. The Hall–Kier alpha value is -4.84. The smallest absolute Gasteiger partial charge is 0.311 e. The van der Waals surface area contributed by atoms with Crippen molar-refractivity contribution in [1.29, 1.82) is 0 Å². The molecule has 5 aromatic rings. The second-order valence-electron chi connectivity index (χ2n) is 8.45. The lowest BCUT2D eigenvalue weighted by Gasteiger charge is -2.07. The predicted molar refractivity (Wildman–Crippen MR) is 136 cm³/mol. The highest BCUT2D eigenvalue weighted by molar-refractivity contribution is 6.31. The minimum atomic E-state index is -2.31. The first-order valence-electron chi connectivity index (χ1n) is 11.2. The number of aliphatic imine (C=N–C) groups is 1.